The molecule has 104 valence electrons. The highest BCUT2D eigenvalue weighted by Gasteiger charge is 2.30. The van der Waals surface area contributed by atoms with Crippen LogP contribution in [0.15, 0.2) is 22.7 Å². The number of anilines is 1. The fraction of sp³-hybridized carbons (Fsp3) is 0.533. The van der Waals surface area contributed by atoms with Crippen LogP contribution in [-0.4, -0.2) is 36.0 Å². The van der Waals surface area contributed by atoms with Gasteiger partial charge in [-0.15, -0.1) is 0 Å². The number of rotatable bonds is 1. The van der Waals surface area contributed by atoms with Crippen molar-refractivity contribution in [3.8, 4) is 0 Å². The maximum atomic E-state index is 11.5. The molecule has 0 saturated carbocycles. The van der Waals surface area contributed by atoms with Crippen molar-refractivity contribution in [2.45, 2.75) is 39.8 Å². The zero-order valence-corrected chi connectivity index (χ0v) is 13.6. The average Bonchev–Trinajstić information content (AvgIpc) is 2.26. The Morgan fingerprint density at radius 3 is 2.26 bits per heavy atom. The van der Waals surface area contributed by atoms with E-state index in [1.165, 1.54) is 11.3 Å². The third kappa shape index (κ3) is 3.11. The summed E-state index contributed by atoms with van der Waals surface area (Å²) in [7, 11) is 0. The summed E-state index contributed by atoms with van der Waals surface area (Å²) in [5, 5.41) is 0. The average molecular weight is 325 g/mol. The summed E-state index contributed by atoms with van der Waals surface area (Å²) in [6.45, 7) is 9.72. The highest BCUT2D eigenvalue weighted by atomic mass is 79.9. The minimum atomic E-state index is 0.170. The van der Waals surface area contributed by atoms with Crippen LogP contribution < -0.4 is 4.90 Å². The van der Waals surface area contributed by atoms with Gasteiger partial charge in [-0.3, -0.25) is 4.79 Å². The van der Waals surface area contributed by atoms with Crippen LogP contribution in [0.2, 0.25) is 0 Å². The lowest BCUT2D eigenvalue weighted by atomic mass is 10.1. The maximum absolute atomic E-state index is 11.5. The van der Waals surface area contributed by atoms with Gasteiger partial charge < -0.3 is 9.80 Å². The number of halogens is 1. The number of hydrogen-bond acceptors (Lipinski definition) is 2. The molecule has 0 bridgehead atoms. The summed E-state index contributed by atoms with van der Waals surface area (Å²) in [6.07, 6.45) is 0. The van der Waals surface area contributed by atoms with Crippen molar-refractivity contribution in [2.75, 3.05) is 18.0 Å². The van der Waals surface area contributed by atoms with E-state index in [1.54, 1.807) is 6.92 Å². The summed E-state index contributed by atoms with van der Waals surface area (Å²) in [5.41, 5.74) is 2.48. The Morgan fingerprint density at radius 2 is 1.79 bits per heavy atom. The summed E-state index contributed by atoms with van der Waals surface area (Å²) >= 11 is 3.56. The Bertz CT molecular complexity index is 457. The molecule has 4 heteroatoms. The lowest BCUT2D eigenvalue weighted by Gasteiger charge is -2.45. The van der Waals surface area contributed by atoms with Crippen molar-refractivity contribution in [3.63, 3.8) is 0 Å². The van der Waals surface area contributed by atoms with Crippen molar-refractivity contribution < 1.29 is 4.79 Å². The van der Waals surface area contributed by atoms with Gasteiger partial charge in [0.25, 0.3) is 0 Å². The maximum Gasteiger partial charge on any atom is 0.219 e. The quantitative estimate of drug-likeness (QED) is 0.792. The lowest BCUT2D eigenvalue weighted by molar-refractivity contribution is -0.130. The Kier molecular flexibility index (Phi) is 4.19. The topological polar surface area (TPSA) is 23.6 Å². The SMILES string of the molecule is CC(=O)N1C[C@@H](C)N(c2cc(C)cc(Br)c2)[C@@H](C)C1. The predicted molar refractivity (Wildman–Crippen MR) is 82.5 cm³/mol. The van der Waals surface area contributed by atoms with E-state index in [4.69, 9.17) is 0 Å². The van der Waals surface area contributed by atoms with Gasteiger partial charge in [-0.25, -0.2) is 0 Å². The van der Waals surface area contributed by atoms with Crippen LogP contribution in [0, 0.1) is 6.92 Å². The minimum Gasteiger partial charge on any atom is -0.363 e. The van der Waals surface area contributed by atoms with Gasteiger partial charge in [0, 0.05) is 42.3 Å². The molecular weight excluding hydrogens is 304 g/mol. The summed E-state index contributed by atoms with van der Waals surface area (Å²) in [5.74, 6) is 0.170. The van der Waals surface area contributed by atoms with E-state index < -0.39 is 0 Å². The predicted octanol–water partition coefficient (Wildman–Crippen LogP) is 3.20. The molecule has 1 aromatic carbocycles. The van der Waals surface area contributed by atoms with Crippen molar-refractivity contribution in [3.05, 3.63) is 28.2 Å². The molecule has 1 aliphatic heterocycles. The van der Waals surface area contributed by atoms with E-state index in [0.29, 0.717) is 12.1 Å². The molecule has 0 N–H and O–H groups in total. The van der Waals surface area contributed by atoms with Gasteiger partial charge in [0.1, 0.15) is 0 Å². The van der Waals surface area contributed by atoms with Gasteiger partial charge in [-0.1, -0.05) is 15.9 Å². The van der Waals surface area contributed by atoms with E-state index >= 15 is 0 Å². The summed E-state index contributed by atoms with van der Waals surface area (Å²) in [6, 6.07) is 7.15. The number of carbonyl (C=O) groups is 1. The Balaban J connectivity index is 2.27. The fourth-order valence-corrected chi connectivity index (χ4v) is 3.55. The second-order valence-corrected chi connectivity index (χ2v) is 6.43. The first-order valence-corrected chi connectivity index (χ1v) is 7.49. The normalized spacial score (nSPS) is 23.6. The van der Waals surface area contributed by atoms with Gasteiger partial charge >= 0.3 is 0 Å². The number of benzene rings is 1. The Labute approximate surface area is 123 Å². The number of aryl methyl sites for hydroxylation is 1. The molecular formula is C15H21BrN2O. The van der Waals surface area contributed by atoms with Gasteiger partial charge in [-0.05, 0) is 44.5 Å². The van der Waals surface area contributed by atoms with Gasteiger partial charge in [0.05, 0.1) is 0 Å². The molecule has 1 saturated heterocycles. The molecule has 0 radical (unpaired) electrons. The minimum absolute atomic E-state index is 0.170. The second kappa shape index (κ2) is 5.53. The molecule has 19 heavy (non-hydrogen) atoms. The molecule has 1 amide bonds. The zero-order valence-electron chi connectivity index (χ0n) is 12.0. The van der Waals surface area contributed by atoms with Crippen molar-refractivity contribution in [1.82, 2.24) is 4.90 Å². The Hall–Kier alpha value is -1.03. The molecule has 0 aromatic heterocycles. The molecule has 0 spiro atoms. The van der Waals surface area contributed by atoms with Crippen molar-refractivity contribution in [2.24, 2.45) is 0 Å². The van der Waals surface area contributed by atoms with Crippen LogP contribution in [0.5, 0.6) is 0 Å². The molecule has 1 heterocycles. The number of amides is 1. The van der Waals surface area contributed by atoms with Crippen LogP contribution in [0.1, 0.15) is 26.3 Å². The first-order chi connectivity index (χ1) is 8.88. The summed E-state index contributed by atoms with van der Waals surface area (Å²) in [4.78, 5) is 15.9. The first-order valence-electron chi connectivity index (χ1n) is 6.69. The van der Waals surface area contributed by atoms with E-state index in [-0.39, 0.29) is 5.91 Å². The largest absolute Gasteiger partial charge is 0.363 e. The van der Waals surface area contributed by atoms with Gasteiger partial charge in [0.2, 0.25) is 5.91 Å². The van der Waals surface area contributed by atoms with Crippen molar-refractivity contribution in [1.29, 1.82) is 0 Å². The fourth-order valence-electron chi connectivity index (χ4n) is 2.95. The number of piperazine rings is 1. The smallest absolute Gasteiger partial charge is 0.219 e. The molecule has 2 rings (SSSR count). The molecule has 2 atom stereocenters. The monoisotopic (exact) mass is 324 g/mol. The third-order valence-electron chi connectivity index (χ3n) is 3.69. The molecule has 1 aromatic rings. The van der Waals surface area contributed by atoms with Crippen LogP contribution in [0.3, 0.4) is 0 Å². The molecule has 0 unspecified atom stereocenters. The Morgan fingerprint density at radius 1 is 1.21 bits per heavy atom. The van der Waals surface area contributed by atoms with E-state index in [9.17, 15) is 4.79 Å². The molecule has 1 aliphatic rings. The van der Waals surface area contributed by atoms with Crippen LogP contribution in [0.4, 0.5) is 5.69 Å². The lowest BCUT2D eigenvalue weighted by Crippen LogP contribution is -2.58. The molecule has 1 fully saturated rings. The van der Waals surface area contributed by atoms with Gasteiger partial charge in [0.15, 0.2) is 0 Å². The molecule has 3 nitrogen and oxygen atoms in total. The highest BCUT2D eigenvalue weighted by molar-refractivity contribution is 9.10. The first kappa shape index (κ1) is 14.4. The second-order valence-electron chi connectivity index (χ2n) is 5.52. The third-order valence-corrected chi connectivity index (χ3v) is 4.15. The van der Waals surface area contributed by atoms with E-state index in [2.05, 4.69) is 59.8 Å². The van der Waals surface area contributed by atoms with Gasteiger partial charge in [-0.2, -0.15) is 0 Å². The van der Waals surface area contributed by atoms with Crippen molar-refractivity contribution >= 4 is 27.5 Å². The zero-order chi connectivity index (χ0) is 14.2. The number of hydrogen-bond donors (Lipinski definition) is 0. The number of carbonyl (C=O) groups excluding carboxylic acids is 1. The van der Waals surface area contributed by atoms with E-state index in [1.807, 2.05) is 4.90 Å². The molecule has 0 aliphatic carbocycles. The van der Waals surface area contributed by atoms with Crippen LogP contribution in [0.25, 0.3) is 0 Å². The standard InChI is InChI=1S/C15H21BrN2O/c1-10-5-14(16)7-15(6-10)18-11(2)8-17(13(4)19)9-12(18)3/h5-7,11-12H,8-9H2,1-4H3/t11-,12+. The highest BCUT2D eigenvalue weighted by Crippen LogP contribution is 2.28. The number of nitrogens with zero attached hydrogens (tertiary/aromatic N) is 2. The van der Waals surface area contributed by atoms with Crippen LogP contribution in [-0.2, 0) is 4.79 Å². The summed E-state index contributed by atoms with van der Waals surface area (Å²) < 4.78 is 1.11. The van der Waals surface area contributed by atoms with Crippen LogP contribution >= 0.6 is 15.9 Å². The van der Waals surface area contributed by atoms with E-state index in [0.717, 1.165) is 17.6 Å².